The lowest BCUT2D eigenvalue weighted by Gasteiger charge is -2.04. The van der Waals surface area contributed by atoms with Gasteiger partial charge in [-0.05, 0) is 37.6 Å². The average molecular weight is 479 g/mol. The van der Waals surface area contributed by atoms with Crippen LogP contribution in [0.4, 0.5) is 5.82 Å². The van der Waals surface area contributed by atoms with Crippen LogP contribution in [0.5, 0.6) is 0 Å². The summed E-state index contributed by atoms with van der Waals surface area (Å²) in [6.45, 7) is 4.49. The van der Waals surface area contributed by atoms with E-state index in [1.807, 2.05) is 32.0 Å². The van der Waals surface area contributed by atoms with Crippen LogP contribution in [0.15, 0.2) is 47.0 Å². The second-order valence-electron chi connectivity index (χ2n) is 6.98. The zero-order valence-electron chi connectivity index (χ0n) is 16.7. The normalized spacial score (nSPS) is 11.1. The van der Waals surface area contributed by atoms with Crippen LogP contribution >= 0.6 is 34.8 Å². The summed E-state index contributed by atoms with van der Waals surface area (Å²) in [5.74, 6) is 0.492. The maximum Gasteiger partial charge on any atom is 0.292 e. The molecule has 160 valence electrons. The Bertz CT molecular complexity index is 1260. The van der Waals surface area contributed by atoms with Crippen molar-refractivity contribution in [3.63, 3.8) is 0 Å². The first-order chi connectivity index (χ1) is 14.8. The third-order valence-corrected chi connectivity index (χ3v) is 5.92. The number of hydrogen-bond donors (Lipinski definition) is 1. The van der Waals surface area contributed by atoms with Crippen molar-refractivity contribution in [1.29, 1.82) is 0 Å². The van der Waals surface area contributed by atoms with E-state index in [2.05, 4.69) is 15.5 Å². The highest BCUT2D eigenvalue weighted by Gasteiger charge is 2.17. The molecule has 7 nitrogen and oxygen atoms in total. The second-order valence-corrected chi connectivity index (χ2v) is 8.17. The van der Waals surface area contributed by atoms with Crippen molar-refractivity contribution >= 4 is 46.5 Å². The van der Waals surface area contributed by atoms with Crippen molar-refractivity contribution in [2.45, 2.75) is 26.9 Å². The van der Waals surface area contributed by atoms with Crippen LogP contribution in [0.3, 0.4) is 0 Å². The molecule has 0 bridgehead atoms. The lowest BCUT2D eigenvalue weighted by molar-refractivity contribution is 0.0994. The van der Waals surface area contributed by atoms with E-state index in [1.54, 1.807) is 33.8 Å². The molecule has 1 amide bonds. The van der Waals surface area contributed by atoms with Gasteiger partial charge in [-0.15, -0.1) is 0 Å². The van der Waals surface area contributed by atoms with Crippen LogP contribution in [-0.2, 0) is 13.1 Å². The maximum absolute atomic E-state index is 12.6. The number of aryl methyl sites for hydroxylation is 1. The fraction of sp³-hybridized carbons (Fsp3) is 0.190. The predicted octanol–water partition coefficient (Wildman–Crippen LogP) is 5.60. The Morgan fingerprint density at radius 3 is 2.52 bits per heavy atom. The van der Waals surface area contributed by atoms with Crippen molar-refractivity contribution < 1.29 is 9.21 Å². The zero-order valence-corrected chi connectivity index (χ0v) is 19.0. The van der Waals surface area contributed by atoms with Gasteiger partial charge in [-0.2, -0.15) is 10.2 Å². The minimum Gasteiger partial charge on any atom is -0.454 e. The number of furan rings is 1. The molecule has 0 aliphatic rings. The second kappa shape index (κ2) is 8.78. The Balaban J connectivity index is 1.45. The summed E-state index contributed by atoms with van der Waals surface area (Å²) in [5.41, 5.74) is 2.46. The lowest BCUT2D eigenvalue weighted by atomic mass is 10.2. The van der Waals surface area contributed by atoms with E-state index >= 15 is 0 Å². The Morgan fingerprint density at radius 2 is 1.81 bits per heavy atom. The van der Waals surface area contributed by atoms with E-state index in [4.69, 9.17) is 39.2 Å². The number of nitrogens with one attached hydrogen (secondary N) is 1. The largest absolute Gasteiger partial charge is 0.454 e. The van der Waals surface area contributed by atoms with Crippen molar-refractivity contribution in [2.24, 2.45) is 0 Å². The Labute approximate surface area is 193 Å². The minimum atomic E-state index is -0.456. The number of benzene rings is 1. The number of amides is 1. The SMILES string of the molecule is Cc1nn(Cc2ccc(C(=O)Nc3nn(Cc4ccccc4Cl)cc3Cl)o2)c(C)c1Cl. The summed E-state index contributed by atoms with van der Waals surface area (Å²) >= 11 is 18.6. The van der Waals surface area contributed by atoms with Crippen molar-refractivity contribution in [1.82, 2.24) is 19.6 Å². The van der Waals surface area contributed by atoms with Gasteiger partial charge in [0.25, 0.3) is 5.91 Å². The van der Waals surface area contributed by atoms with Gasteiger partial charge < -0.3 is 9.73 Å². The molecule has 3 aromatic heterocycles. The molecular weight excluding hydrogens is 461 g/mol. The standard InChI is InChI=1S/C21H18Cl3N5O2/c1-12-19(24)13(2)29(26-12)10-15-7-8-18(31-15)21(30)25-20-17(23)11-28(27-20)9-14-5-3-4-6-16(14)22/h3-8,11H,9-10H2,1-2H3,(H,25,27,30). The number of carbonyl (C=O) groups is 1. The van der Waals surface area contributed by atoms with Gasteiger partial charge in [0.15, 0.2) is 11.6 Å². The summed E-state index contributed by atoms with van der Waals surface area (Å²) in [6.07, 6.45) is 1.63. The molecule has 0 saturated carbocycles. The quantitative estimate of drug-likeness (QED) is 0.391. The van der Waals surface area contributed by atoms with E-state index in [0.29, 0.717) is 33.9 Å². The smallest absolute Gasteiger partial charge is 0.292 e. The summed E-state index contributed by atoms with van der Waals surface area (Å²) in [4.78, 5) is 12.6. The molecule has 1 N–H and O–H groups in total. The van der Waals surface area contributed by atoms with E-state index < -0.39 is 5.91 Å². The van der Waals surface area contributed by atoms with E-state index in [0.717, 1.165) is 17.0 Å². The van der Waals surface area contributed by atoms with Gasteiger partial charge >= 0.3 is 0 Å². The minimum absolute atomic E-state index is 0.138. The number of aromatic nitrogens is 4. The van der Waals surface area contributed by atoms with Crippen LogP contribution < -0.4 is 5.32 Å². The third kappa shape index (κ3) is 4.63. The van der Waals surface area contributed by atoms with Crippen LogP contribution in [0.2, 0.25) is 15.1 Å². The number of rotatable bonds is 6. The molecule has 0 atom stereocenters. The molecule has 0 radical (unpaired) electrons. The number of carbonyl (C=O) groups excluding carboxylic acids is 1. The van der Waals surface area contributed by atoms with Crippen molar-refractivity contribution in [3.8, 4) is 0 Å². The van der Waals surface area contributed by atoms with Crippen molar-refractivity contribution in [2.75, 3.05) is 5.32 Å². The molecule has 0 unspecified atom stereocenters. The van der Waals surface area contributed by atoms with Gasteiger partial charge in [-0.3, -0.25) is 14.2 Å². The monoisotopic (exact) mass is 477 g/mol. The van der Waals surface area contributed by atoms with Crippen LogP contribution in [0, 0.1) is 13.8 Å². The molecule has 31 heavy (non-hydrogen) atoms. The Kier molecular flexibility index (Phi) is 6.09. The van der Waals surface area contributed by atoms with Gasteiger partial charge in [0.1, 0.15) is 10.8 Å². The van der Waals surface area contributed by atoms with E-state index in [9.17, 15) is 4.79 Å². The van der Waals surface area contributed by atoms with E-state index in [-0.39, 0.29) is 11.6 Å². The van der Waals surface area contributed by atoms with E-state index in [1.165, 1.54) is 0 Å². The van der Waals surface area contributed by atoms with Crippen molar-refractivity contribution in [3.05, 3.63) is 86.1 Å². The fourth-order valence-corrected chi connectivity index (χ4v) is 3.62. The number of halogens is 3. The number of anilines is 1. The van der Waals surface area contributed by atoms with Crippen LogP contribution in [-0.4, -0.2) is 25.5 Å². The highest BCUT2D eigenvalue weighted by molar-refractivity contribution is 6.33. The topological polar surface area (TPSA) is 77.9 Å². The lowest BCUT2D eigenvalue weighted by Crippen LogP contribution is -2.12. The zero-order chi connectivity index (χ0) is 22.1. The maximum atomic E-state index is 12.6. The first-order valence-corrected chi connectivity index (χ1v) is 10.5. The first kappa shape index (κ1) is 21.5. The van der Waals surface area contributed by atoms with Gasteiger partial charge in [0.2, 0.25) is 0 Å². The van der Waals surface area contributed by atoms with Gasteiger partial charge in [-0.1, -0.05) is 53.0 Å². The van der Waals surface area contributed by atoms with Gasteiger partial charge in [-0.25, -0.2) is 0 Å². The molecule has 3 heterocycles. The molecule has 4 aromatic rings. The third-order valence-electron chi connectivity index (χ3n) is 4.72. The molecule has 0 aliphatic heterocycles. The molecule has 0 spiro atoms. The summed E-state index contributed by atoms with van der Waals surface area (Å²) < 4.78 is 9.01. The summed E-state index contributed by atoms with van der Waals surface area (Å²) in [7, 11) is 0. The molecule has 4 rings (SSSR count). The number of nitrogens with zero attached hydrogens (tertiary/aromatic N) is 4. The predicted molar refractivity (Wildman–Crippen MR) is 120 cm³/mol. The summed E-state index contributed by atoms with van der Waals surface area (Å²) in [6, 6.07) is 10.8. The Morgan fingerprint density at radius 1 is 1.03 bits per heavy atom. The molecule has 1 aromatic carbocycles. The molecular formula is C21H18Cl3N5O2. The first-order valence-electron chi connectivity index (χ1n) is 9.37. The highest BCUT2D eigenvalue weighted by atomic mass is 35.5. The van der Waals surface area contributed by atoms with Gasteiger partial charge in [0, 0.05) is 11.2 Å². The van der Waals surface area contributed by atoms with Crippen LogP contribution in [0.1, 0.15) is 33.3 Å². The summed E-state index contributed by atoms with van der Waals surface area (Å²) in [5, 5.41) is 12.9. The highest BCUT2D eigenvalue weighted by Crippen LogP contribution is 2.24. The molecule has 0 aliphatic carbocycles. The fourth-order valence-electron chi connectivity index (χ4n) is 3.09. The molecule has 0 saturated heterocycles. The number of hydrogen-bond acceptors (Lipinski definition) is 4. The average Bonchev–Trinajstić information content (AvgIpc) is 3.40. The van der Waals surface area contributed by atoms with Gasteiger partial charge in [0.05, 0.1) is 29.5 Å². The van der Waals surface area contributed by atoms with Crippen LogP contribution in [0.25, 0.3) is 0 Å². The molecule has 10 heteroatoms. The molecule has 0 fully saturated rings. The Hall–Kier alpha value is -2.74.